The number of sulfonamides is 1. The Morgan fingerprint density at radius 2 is 1.69 bits per heavy atom. The lowest BCUT2D eigenvalue weighted by molar-refractivity contribution is -0.123. The fourth-order valence-electron chi connectivity index (χ4n) is 3.07. The Bertz CT molecular complexity index is 1500. The van der Waals surface area contributed by atoms with Crippen LogP contribution in [-0.4, -0.2) is 46.3 Å². The predicted octanol–water partition coefficient (Wildman–Crippen LogP) is 2.71. The van der Waals surface area contributed by atoms with Gasteiger partial charge in [0, 0.05) is 30.0 Å². The van der Waals surface area contributed by atoms with Gasteiger partial charge in [0.1, 0.15) is 5.52 Å². The van der Waals surface area contributed by atoms with Crippen molar-refractivity contribution < 1.29 is 22.7 Å². The topological polar surface area (TPSA) is 153 Å². The van der Waals surface area contributed by atoms with Crippen molar-refractivity contribution in [3.05, 3.63) is 78.4 Å². The molecule has 12 heteroatoms. The van der Waals surface area contributed by atoms with Crippen LogP contribution < -0.4 is 10.0 Å². The van der Waals surface area contributed by atoms with E-state index in [-0.39, 0.29) is 16.4 Å². The second-order valence-corrected chi connectivity index (χ2v) is 9.10. The van der Waals surface area contributed by atoms with E-state index in [2.05, 4.69) is 30.0 Å². The number of aryl methyl sites for hydroxylation is 1. The van der Waals surface area contributed by atoms with Crippen LogP contribution in [0, 0.1) is 6.92 Å². The molecule has 11 nitrogen and oxygen atoms in total. The van der Waals surface area contributed by atoms with Crippen molar-refractivity contribution in [2.75, 3.05) is 10.0 Å². The molecule has 0 fully saturated rings. The van der Waals surface area contributed by atoms with E-state index >= 15 is 0 Å². The molecule has 4 rings (SSSR count). The Morgan fingerprint density at radius 1 is 0.943 bits per heavy atom. The number of aromatic nitrogens is 4. The van der Waals surface area contributed by atoms with Gasteiger partial charge < -0.3 is 10.1 Å². The zero-order chi connectivity index (χ0) is 25.0. The van der Waals surface area contributed by atoms with Crippen molar-refractivity contribution >= 4 is 44.6 Å². The molecule has 1 atom stereocenters. The normalized spacial score (nSPS) is 12.1. The summed E-state index contributed by atoms with van der Waals surface area (Å²) >= 11 is 0. The molecule has 2 aromatic heterocycles. The molecule has 0 spiro atoms. The first-order chi connectivity index (χ1) is 16.7. The van der Waals surface area contributed by atoms with Gasteiger partial charge in [-0.15, -0.1) is 0 Å². The molecule has 4 aromatic rings. The van der Waals surface area contributed by atoms with Crippen molar-refractivity contribution in [2.45, 2.75) is 24.8 Å². The summed E-state index contributed by atoms with van der Waals surface area (Å²) in [5, 5.41) is 2.59. The standard InChI is InChI=1S/C23H20N6O5S/c1-14-10-11-26-23(27-14)29-35(32,33)17-8-6-16(7-9-17)28-21(30)15(2)34-22(31)18-4-3-5-19-20(18)25-13-12-24-19/h3-13,15H,1-2H3,(H,28,30)(H,26,27,29). The van der Waals surface area contributed by atoms with E-state index in [1.807, 2.05) is 0 Å². The number of amides is 1. The molecular weight excluding hydrogens is 472 g/mol. The molecule has 35 heavy (non-hydrogen) atoms. The molecule has 1 amide bonds. The summed E-state index contributed by atoms with van der Waals surface area (Å²) in [6.07, 6.45) is 3.29. The summed E-state index contributed by atoms with van der Waals surface area (Å²) in [7, 11) is -3.92. The highest BCUT2D eigenvalue weighted by Crippen LogP contribution is 2.18. The molecule has 2 heterocycles. The van der Waals surface area contributed by atoms with Gasteiger partial charge >= 0.3 is 5.97 Å². The monoisotopic (exact) mass is 492 g/mol. The molecule has 0 aliphatic rings. The molecule has 2 N–H and O–H groups in total. The Labute approximate surface area is 200 Å². The van der Waals surface area contributed by atoms with Crippen LogP contribution in [0.15, 0.2) is 72.0 Å². The lowest BCUT2D eigenvalue weighted by atomic mass is 10.2. The van der Waals surface area contributed by atoms with E-state index in [4.69, 9.17) is 4.74 Å². The number of anilines is 2. The maximum atomic E-state index is 12.6. The van der Waals surface area contributed by atoms with Gasteiger partial charge in [-0.05, 0) is 56.3 Å². The fourth-order valence-corrected chi connectivity index (χ4v) is 4.02. The lowest BCUT2D eigenvalue weighted by Gasteiger charge is -2.14. The lowest BCUT2D eigenvalue weighted by Crippen LogP contribution is -2.30. The molecule has 178 valence electrons. The first-order valence-electron chi connectivity index (χ1n) is 10.4. The Hall–Kier alpha value is -4.45. The van der Waals surface area contributed by atoms with Gasteiger partial charge in [0.2, 0.25) is 5.95 Å². The molecular formula is C23H20N6O5S. The van der Waals surface area contributed by atoms with Crippen LogP contribution in [0.25, 0.3) is 11.0 Å². The van der Waals surface area contributed by atoms with Gasteiger partial charge in [0.15, 0.2) is 6.10 Å². The maximum Gasteiger partial charge on any atom is 0.341 e. The largest absolute Gasteiger partial charge is 0.449 e. The Balaban J connectivity index is 1.40. The molecule has 2 aromatic carbocycles. The summed E-state index contributed by atoms with van der Waals surface area (Å²) in [4.78, 5) is 41.3. The first kappa shape index (κ1) is 23.7. The van der Waals surface area contributed by atoms with E-state index in [0.717, 1.165) is 0 Å². The molecule has 0 saturated heterocycles. The van der Waals surface area contributed by atoms with Crippen LogP contribution >= 0.6 is 0 Å². The molecule has 0 aliphatic heterocycles. The quantitative estimate of drug-likeness (QED) is 0.371. The third kappa shape index (κ3) is 5.55. The number of carbonyl (C=O) groups excluding carboxylic acids is 2. The number of fused-ring (bicyclic) bond motifs is 1. The zero-order valence-corrected chi connectivity index (χ0v) is 19.5. The SMILES string of the molecule is Cc1ccnc(NS(=O)(=O)c2ccc(NC(=O)C(C)OC(=O)c3cccc4nccnc34)cc2)n1. The van der Waals surface area contributed by atoms with Crippen LogP contribution in [0.3, 0.4) is 0 Å². The number of nitrogens with one attached hydrogen (secondary N) is 2. The summed E-state index contributed by atoms with van der Waals surface area (Å²) < 4.78 is 32.7. The van der Waals surface area contributed by atoms with Crippen molar-refractivity contribution in [2.24, 2.45) is 0 Å². The maximum absolute atomic E-state index is 12.6. The molecule has 1 unspecified atom stereocenters. The number of esters is 1. The van der Waals surface area contributed by atoms with Crippen molar-refractivity contribution in [1.29, 1.82) is 0 Å². The van der Waals surface area contributed by atoms with E-state index in [1.54, 1.807) is 31.2 Å². The summed E-state index contributed by atoms with van der Waals surface area (Å²) in [6, 6.07) is 12.0. The van der Waals surface area contributed by atoms with Crippen LogP contribution in [0.2, 0.25) is 0 Å². The number of hydrogen-bond donors (Lipinski definition) is 2. The fraction of sp³-hybridized carbons (Fsp3) is 0.130. The molecule has 0 bridgehead atoms. The summed E-state index contributed by atoms with van der Waals surface area (Å²) in [6.45, 7) is 3.14. The second kappa shape index (κ2) is 9.81. The van der Waals surface area contributed by atoms with E-state index < -0.39 is 28.0 Å². The number of carbonyl (C=O) groups is 2. The highest BCUT2D eigenvalue weighted by molar-refractivity contribution is 7.92. The summed E-state index contributed by atoms with van der Waals surface area (Å²) in [5.74, 6) is -1.36. The number of nitrogens with zero attached hydrogens (tertiary/aromatic N) is 4. The molecule has 0 aliphatic carbocycles. The highest BCUT2D eigenvalue weighted by atomic mass is 32.2. The molecule has 0 radical (unpaired) electrons. The number of benzene rings is 2. The Morgan fingerprint density at radius 3 is 2.43 bits per heavy atom. The third-order valence-corrected chi connectivity index (χ3v) is 6.17. The number of hydrogen-bond acceptors (Lipinski definition) is 9. The average molecular weight is 493 g/mol. The number of para-hydroxylation sites is 1. The Kier molecular flexibility index (Phi) is 6.64. The predicted molar refractivity (Wildman–Crippen MR) is 127 cm³/mol. The minimum atomic E-state index is -3.92. The third-order valence-electron chi connectivity index (χ3n) is 4.82. The smallest absolute Gasteiger partial charge is 0.341 e. The van der Waals surface area contributed by atoms with Gasteiger partial charge in [0.25, 0.3) is 15.9 Å². The van der Waals surface area contributed by atoms with Crippen LogP contribution in [0.4, 0.5) is 11.6 Å². The molecule has 0 saturated carbocycles. The first-order valence-corrected chi connectivity index (χ1v) is 11.9. The minimum absolute atomic E-state index is 0.0443. The van der Waals surface area contributed by atoms with Crippen LogP contribution in [0.5, 0.6) is 0 Å². The van der Waals surface area contributed by atoms with Crippen LogP contribution in [-0.2, 0) is 19.6 Å². The van der Waals surface area contributed by atoms with Gasteiger partial charge in [-0.2, -0.15) is 0 Å². The van der Waals surface area contributed by atoms with Crippen LogP contribution in [0.1, 0.15) is 23.0 Å². The van der Waals surface area contributed by atoms with Crippen molar-refractivity contribution in [3.63, 3.8) is 0 Å². The minimum Gasteiger partial charge on any atom is -0.449 e. The average Bonchev–Trinajstić information content (AvgIpc) is 2.83. The van der Waals surface area contributed by atoms with E-state index in [0.29, 0.717) is 22.4 Å². The number of ether oxygens (including phenoxy) is 1. The van der Waals surface area contributed by atoms with Crippen molar-refractivity contribution in [3.8, 4) is 0 Å². The van der Waals surface area contributed by atoms with E-state index in [1.165, 1.54) is 49.8 Å². The van der Waals surface area contributed by atoms with Gasteiger partial charge in [0.05, 0.1) is 16.0 Å². The highest BCUT2D eigenvalue weighted by Gasteiger charge is 2.22. The van der Waals surface area contributed by atoms with Gasteiger partial charge in [-0.3, -0.25) is 14.8 Å². The van der Waals surface area contributed by atoms with Gasteiger partial charge in [-0.1, -0.05) is 6.07 Å². The zero-order valence-electron chi connectivity index (χ0n) is 18.7. The van der Waals surface area contributed by atoms with Crippen molar-refractivity contribution in [1.82, 2.24) is 19.9 Å². The summed E-state index contributed by atoms with van der Waals surface area (Å²) in [5.41, 5.74) is 2.01. The van der Waals surface area contributed by atoms with E-state index in [9.17, 15) is 18.0 Å². The number of rotatable bonds is 7. The second-order valence-electron chi connectivity index (χ2n) is 7.42. The van der Waals surface area contributed by atoms with Gasteiger partial charge in [-0.25, -0.2) is 27.9 Å².